The molecule has 0 fully saturated rings. The predicted octanol–water partition coefficient (Wildman–Crippen LogP) is -1.14. The lowest BCUT2D eigenvalue weighted by molar-refractivity contribution is 0.277. The monoisotopic (exact) mass is 286 g/mol. The second-order valence-corrected chi connectivity index (χ2v) is 5.54. The van der Waals surface area contributed by atoms with Gasteiger partial charge in [-0.1, -0.05) is 0 Å². The van der Waals surface area contributed by atoms with E-state index in [1.807, 2.05) is 0 Å². The molecule has 0 saturated heterocycles. The first kappa shape index (κ1) is 13.6. The normalized spacial score (nSPS) is 11.8. The van der Waals surface area contributed by atoms with Gasteiger partial charge in [-0.3, -0.25) is 9.78 Å². The van der Waals surface area contributed by atoms with Crippen molar-refractivity contribution in [3.63, 3.8) is 0 Å². The van der Waals surface area contributed by atoms with Gasteiger partial charge >= 0.3 is 0 Å². The molecule has 0 amide bonds. The quantitative estimate of drug-likeness (QED) is 0.591. The number of aromatic nitrogens is 5. The molecule has 2 heterocycles. The number of aliphatic hydroxyl groups excluding tert-OH is 1. The van der Waals surface area contributed by atoms with Gasteiger partial charge in [-0.15, -0.1) is 0 Å². The van der Waals surface area contributed by atoms with Crippen LogP contribution in [0.3, 0.4) is 0 Å². The molecule has 0 saturated carbocycles. The van der Waals surface area contributed by atoms with Crippen LogP contribution in [0, 0.1) is 0 Å². The van der Waals surface area contributed by atoms with Gasteiger partial charge in [0.25, 0.3) is 0 Å². The van der Waals surface area contributed by atoms with Crippen molar-refractivity contribution in [3.05, 3.63) is 24.5 Å². The molecule has 0 spiro atoms. The van der Waals surface area contributed by atoms with E-state index < -0.39 is 10.0 Å². The van der Waals surface area contributed by atoms with Crippen LogP contribution in [0.4, 0.5) is 0 Å². The molecular weight excluding hydrogens is 272 g/mol. The van der Waals surface area contributed by atoms with Gasteiger partial charge in [-0.25, -0.2) is 18.1 Å². The minimum atomic E-state index is -3.62. The molecule has 0 unspecified atom stereocenters. The number of aryl methyl sites for hydroxylation is 1. The fourth-order valence-corrected chi connectivity index (χ4v) is 2.34. The van der Waals surface area contributed by atoms with Crippen molar-refractivity contribution in [2.24, 2.45) is 0 Å². The average Bonchev–Trinajstić information content (AvgIpc) is 3.05. The molecule has 3 N–H and O–H groups in total. The number of nitrogens with one attached hydrogen (secondary N) is 2. The van der Waals surface area contributed by atoms with Crippen molar-refractivity contribution in [2.75, 3.05) is 6.61 Å². The van der Waals surface area contributed by atoms with Crippen LogP contribution >= 0.6 is 0 Å². The van der Waals surface area contributed by atoms with Crippen LogP contribution in [0.2, 0.25) is 0 Å². The largest absolute Gasteiger partial charge is 0.396 e. The fourth-order valence-electron chi connectivity index (χ4n) is 1.40. The molecule has 0 aromatic carbocycles. The fraction of sp³-hybridized carbons (Fsp3) is 0.444. The third-order valence-corrected chi connectivity index (χ3v) is 3.72. The van der Waals surface area contributed by atoms with Gasteiger partial charge in [0.2, 0.25) is 10.0 Å². The third-order valence-electron chi connectivity index (χ3n) is 2.36. The minimum Gasteiger partial charge on any atom is -0.396 e. The standard InChI is InChI=1S/C9H14N6O3S/c16-3-1-2-15-6-8(4-12-15)19(17,18)13-5-9-10-7-11-14-9/h4,6-7,13,16H,1-3,5H2,(H,10,11,14). The molecule has 0 aliphatic rings. The Balaban J connectivity index is 2.00. The highest BCUT2D eigenvalue weighted by atomic mass is 32.2. The first-order valence-corrected chi connectivity index (χ1v) is 7.07. The van der Waals surface area contributed by atoms with Crippen molar-refractivity contribution < 1.29 is 13.5 Å². The van der Waals surface area contributed by atoms with Crippen molar-refractivity contribution in [1.82, 2.24) is 29.7 Å². The Kier molecular flexibility index (Phi) is 4.24. The van der Waals surface area contributed by atoms with Crippen LogP contribution in [0.25, 0.3) is 0 Å². The summed E-state index contributed by atoms with van der Waals surface area (Å²) in [6.07, 6.45) is 4.50. The molecule has 10 heteroatoms. The van der Waals surface area contributed by atoms with Gasteiger partial charge in [0.05, 0.1) is 12.7 Å². The highest BCUT2D eigenvalue weighted by Crippen LogP contribution is 2.07. The molecule has 0 radical (unpaired) electrons. The Hall–Kier alpha value is -1.78. The summed E-state index contributed by atoms with van der Waals surface area (Å²) in [4.78, 5) is 3.89. The molecule has 0 atom stereocenters. The summed E-state index contributed by atoms with van der Waals surface area (Å²) in [5, 5.41) is 18.8. The van der Waals surface area contributed by atoms with Gasteiger partial charge < -0.3 is 5.11 Å². The maximum atomic E-state index is 11.9. The zero-order chi connectivity index (χ0) is 13.7. The molecule has 2 rings (SSSR count). The van der Waals surface area contributed by atoms with Crippen LogP contribution in [0.15, 0.2) is 23.6 Å². The summed E-state index contributed by atoms with van der Waals surface area (Å²) in [5.41, 5.74) is 0. The predicted molar refractivity (Wildman–Crippen MR) is 64.3 cm³/mol. The first-order chi connectivity index (χ1) is 9.12. The van der Waals surface area contributed by atoms with E-state index in [4.69, 9.17) is 5.11 Å². The Labute approximate surface area is 109 Å². The molecule has 2 aromatic heterocycles. The molecule has 9 nitrogen and oxygen atoms in total. The van der Waals surface area contributed by atoms with Gasteiger partial charge in [0.15, 0.2) is 0 Å². The summed E-state index contributed by atoms with van der Waals surface area (Å²) >= 11 is 0. The molecule has 0 bridgehead atoms. The Morgan fingerprint density at radius 1 is 1.47 bits per heavy atom. The van der Waals surface area contributed by atoms with E-state index in [0.29, 0.717) is 18.8 Å². The van der Waals surface area contributed by atoms with E-state index in [-0.39, 0.29) is 18.0 Å². The lowest BCUT2D eigenvalue weighted by atomic mass is 10.5. The summed E-state index contributed by atoms with van der Waals surface area (Å²) in [5.74, 6) is 0.427. The van der Waals surface area contributed by atoms with E-state index in [0.717, 1.165) is 0 Å². The maximum absolute atomic E-state index is 11.9. The highest BCUT2D eigenvalue weighted by Gasteiger charge is 2.16. The second-order valence-electron chi connectivity index (χ2n) is 3.77. The van der Waals surface area contributed by atoms with Gasteiger partial charge in [-0.2, -0.15) is 10.2 Å². The second kappa shape index (κ2) is 5.91. The molecular formula is C9H14N6O3S. The molecule has 2 aromatic rings. The zero-order valence-electron chi connectivity index (χ0n) is 10.0. The molecule has 104 valence electrons. The van der Waals surface area contributed by atoms with Crippen molar-refractivity contribution in [2.45, 2.75) is 24.4 Å². The van der Waals surface area contributed by atoms with E-state index in [2.05, 4.69) is 25.0 Å². The van der Waals surface area contributed by atoms with Crippen LogP contribution in [0.5, 0.6) is 0 Å². The van der Waals surface area contributed by atoms with E-state index in [9.17, 15) is 8.42 Å². The SMILES string of the molecule is O=S(=O)(NCc1ncn[nH]1)c1cnn(CCCO)c1. The maximum Gasteiger partial charge on any atom is 0.244 e. The Bertz CT molecular complexity index is 606. The summed E-state index contributed by atoms with van der Waals surface area (Å²) in [6.45, 7) is 0.532. The van der Waals surface area contributed by atoms with Gasteiger partial charge in [0, 0.05) is 19.3 Å². The third kappa shape index (κ3) is 3.59. The zero-order valence-corrected chi connectivity index (χ0v) is 10.8. The highest BCUT2D eigenvalue weighted by molar-refractivity contribution is 7.89. The summed E-state index contributed by atoms with van der Waals surface area (Å²) in [7, 11) is -3.62. The molecule has 0 aliphatic heterocycles. The number of aliphatic hydroxyl groups is 1. The molecule has 0 aliphatic carbocycles. The summed E-state index contributed by atoms with van der Waals surface area (Å²) in [6, 6.07) is 0. The topological polar surface area (TPSA) is 126 Å². The smallest absolute Gasteiger partial charge is 0.244 e. The van der Waals surface area contributed by atoms with Gasteiger partial charge in [0.1, 0.15) is 17.0 Å². The Morgan fingerprint density at radius 2 is 2.32 bits per heavy atom. The number of nitrogens with zero attached hydrogens (tertiary/aromatic N) is 4. The lowest BCUT2D eigenvalue weighted by Crippen LogP contribution is -2.23. The van der Waals surface area contributed by atoms with Crippen LogP contribution in [0.1, 0.15) is 12.2 Å². The Morgan fingerprint density at radius 3 is 3.00 bits per heavy atom. The number of sulfonamides is 1. The van der Waals surface area contributed by atoms with E-state index >= 15 is 0 Å². The number of rotatable bonds is 7. The first-order valence-electron chi connectivity index (χ1n) is 5.59. The van der Waals surface area contributed by atoms with Crippen molar-refractivity contribution >= 4 is 10.0 Å². The molecule has 19 heavy (non-hydrogen) atoms. The van der Waals surface area contributed by atoms with E-state index in [1.165, 1.54) is 23.4 Å². The average molecular weight is 286 g/mol. The van der Waals surface area contributed by atoms with Crippen molar-refractivity contribution in [1.29, 1.82) is 0 Å². The number of hydrogen-bond donors (Lipinski definition) is 3. The minimum absolute atomic E-state index is 0.0319. The van der Waals surface area contributed by atoms with Gasteiger partial charge in [-0.05, 0) is 6.42 Å². The van der Waals surface area contributed by atoms with Crippen LogP contribution in [-0.4, -0.2) is 45.1 Å². The summed E-state index contributed by atoms with van der Waals surface area (Å²) < 4.78 is 27.7. The van der Waals surface area contributed by atoms with Crippen molar-refractivity contribution in [3.8, 4) is 0 Å². The lowest BCUT2D eigenvalue weighted by Gasteiger charge is -2.02. The van der Waals surface area contributed by atoms with Crippen LogP contribution < -0.4 is 4.72 Å². The number of aromatic amines is 1. The van der Waals surface area contributed by atoms with Crippen LogP contribution in [-0.2, 0) is 23.1 Å². The van der Waals surface area contributed by atoms with E-state index in [1.54, 1.807) is 0 Å². The number of H-pyrrole nitrogens is 1. The number of hydrogen-bond acceptors (Lipinski definition) is 6.